The van der Waals surface area contributed by atoms with Crippen molar-refractivity contribution in [3.8, 4) is 0 Å². The van der Waals surface area contributed by atoms with Gasteiger partial charge in [-0.05, 0) is 17.9 Å². The van der Waals surface area contributed by atoms with E-state index in [0.717, 1.165) is 6.42 Å². The molecule has 2 rings (SSSR count). The van der Waals surface area contributed by atoms with Crippen LogP contribution >= 0.6 is 11.6 Å². The number of halogens is 1. The third-order valence-corrected chi connectivity index (χ3v) is 3.48. The number of rotatable bonds is 6. The summed E-state index contributed by atoms with van der Waals surface area (Å²) in [5, 5.41) is 13.8. The average Bonchev–Trinajstić information content (AvgIpc) is 2.47. The highest BCUT2D eigenvalue weighted by Gasteiger charge is 2.21. The van der Waals surface area contributed by atoms with Gasteiger partial charge in [0.15, 0.2) is 0 Å². The van der Waals surface area contributed by atoms with E-state index in [4.69, 9.17) is 11.6 Å². The highest BCUT2D eigenvalue weighted by molar-refractivity contribution is 6.31. The maximum Gasteiger partial charge on any atom is 0.348 e. The Morgan fingerprint density at radius 2 is 2.05 bits per heavy atom. The van der Waals surface area contributed by atoms with Gasteiger partial charge >= 0.3 is 5.69 Å². The van der Waals surface area contributed by atoms with Crippen LogP contribution in [0.3, 0.4) is 0 Å². The molecule has 1 aromatic carbocycles. The lowest BCUT2D eigenvalue weighted by atomic mass is 9.98. The minimum atomic E-state index is -0.578. The number of nitrogens with one attached hydrogen (secondary N) is 1. The van der Waals surface area contributed by atoms with Crippen molar-refractivity contribution >= 4 is 23.1 Å². The zero-order valence-electron chi connectivity index (χ0n) is 11.5. The Kier molecular flexibility index (Phi) is 5.05. The highest BCUT2D eigenvalue weighted by Crippen LogP contribution is 2.28. The monoisotopic (exact) mass is 306 g/mol. The number of nitrogens with zero attached hydrogens (tertiary/aromatic N) is 3. The van der Waals surface area contributed by atoms with Gasteiger partial charge in [-0.1, -0.05) is 48.9 Å². The van der Waals surface area contributed by atoms with E-state index >= 15 is 0 Å². The summed E-state index contributed by atoms with van der Waals surface area (Å²) in [4.78, 5) is 17.9. The van der Waals surface area contributed by atoms with E-state index in [9.17, 15) is 10.1 Å². The molecule has 0 amide bonds. The van der Waals surface area contributed by atoms with E-state index in [1.54, 1.807) is 0 Å². The Balaban J connectivity index is 1.98. The van der Waals surface area contributed by atoms with Gasteiger partial charge in [-0.2, -0.15) is 0 Å². The SMILES string of the molecule is CC(CCNc1ncnc(Cl)c1[N+](=O)[O-])c1ccccc1. The summed E-state index contributed by atoms with van der Waals surface area (Å²) < 4.78 is 0. The summed E-state index contributed by atoms with van der Waals surface area (Å²) >= 11 is 5.73. The molecule has 0 saturated carbocycles. The van der Waals surface area contributed by atoms with Crippen LogP contribution in [0.15, 0.2) is 36.7 Å². The lowest BCUT2D eigenvalue weighted by Gasteiger charge is -2.12. The predicted molar refractivity (Wildman–Crippen MR) is 81.7 cm³/mol. The summed E-state index contributed by atoms with van der Waals surface area (Å²) in [6.07, 6.45) is 2.03. The number of hydrogen-bond acceptors (Lipinski definition) is 5. The number of benzene rings is 1. The minimum absolute atomic E-state index is 0.153. The lowest BCUT2D eigenvalue weighted by molar-refractivity contribution is -0.384. The molecule has 1 atom stereocenters. The summed E-state index contributed by atoms with van der Waals surface area (Å²) in [7, 11) is 0. The van der Waals surface area contributed by atoms with Gasteiger partial charge in [0.25, 0.3) is 0 Å². The number of nitro groups is 1. The van der Waals surface area contributed by atoms with Crippen LogP contribution in [0.1, 0.15) is 24.8 Å². The summed E-state index contributed by atoms with van der Waals surface area (Å²) in [6.45, 7) is 2.67. The molecule has 1 aromatic heterocycles. The van der Waals surface area contributed by atoms with Crippen molar-refractivity contribution in [2.75, 3.05) is 11.9 Å². The van der Waals surface area contributed by atoms with Crippen molar-refractivity contribution in [1.82, 2.24) is 9.97 Å². The Hall–Kier alpha value is -2.21. The molecule has 0 aliphatic heterocycles. The second-order valence-corrected chi connectivity index (χ2v) is 5.00. The number of hydrogen-bond donors (Lipinski definition) is 1. The molecule has 6 nitrogen and oxygen atoms in total. The smallest absolute Gasteiger partial charge is 0.348 e. The van der Waals surface area contributed by atoms with Crippen LogP contribution in [0.2, 0.25) is 5.15 Å². The van der Waals surface area contributed by atoms with Gasteiger partial charge in [-0.3, -0.25) is 10.1 Å². The second-order valence-electron chi connectivity index (χ2n) is 4.65. The zero-order chi connectivity index (χ0) is 15.2. The molecule has 2 aromatic rings. The van der Waals surface area contributed by atoms with Crippen LogP contribution in [0, 0.1) is 10.1 Å². The van der Waals surface area contributed by atoms with Crippen LogP contribution in [0.5, 0.6) is 0 Å². The molecule has 0 saturated heterocycles. The molecule has 21 heavy (non-hydrogen) atoms. The van der Waals surface area contributed by atoms with E-state index < -0.39 is 4.92 Å². The van der Waals surface area contributed by atoms with Crippen molar-refractivity contribution < 1.29 is 4.92 Å². The largest absolute Gasteiger partial charge is 0.364 e. The molecule has 0 fully saturated rings. The highest BCUT2D eigenvalue weighted by atomic mass is 35.5. The number of aromatic nitrogens is 2. The maximum atomic E-state index is 11.0. The van der Waals surface area contributed by atoms with Crippen LogP contribution in [0.25, 0.3) is 0 Å². The predicted octanol–water partition coefficient (Wildman–Crippen LogP) is 3.64. The normalized spacial score (nSPS) is 11.9. The molecule has 7 heteroatoms. The van der Waals surface area contributed by atoms with Gasteiger partial charge in [0.2, 0.25) is 11.0 Å². The fourth-order valence-electron chi connectivity index (χ4n) is 2.00. The van der Waals surface area contributed by atoms with E-state index in [0.29, 0.717) is 12.5 Å². The first kappa shape index (κ1) is 15.2. The van der Waals surface area contributed by atoms with Crippen molar-refractivity contribution in [1.29, 1.82) is 0 Å². The first-order valence-corrected chi connectivity index (χ1v) is 6.91. The van der Waals surface area contributed by atoms with Gasteiger partial charge < -0.3 is 5.32 Å². The molecule has 110 valence electrons. The summed E-state index contributed by atoms with van der Waals surface area (Å²) in [5.41, 5.74) is 0.945. The average molecular weight is 307 g/mol. The van der Waals surface area contributed by atoms with E-state index in [1.165, 1.54) is 11.9 Å². The van der Waals surface area contributed by atoms with Crippen molar-refractivity contribution in [3.63, 3.8) is 0 Å². The van der Waals surface area contributed by atoms with Crippen LogP contribution < -0.4 is 5.32 Å². The molecule has 0 aliphatic carbocycles. The third kappa shape index (κ3) is 3.88. The van der Waals surface area contributed by atoms with Crippen LogP contribution in [-0.2, 0) is 0 Å². The Morgan fingerprint density at radius 3 is 2.71 bits per heavy atom. The van der Waals surface area contributed by atoms with Crippen molar-refractivity contribution in [2.45, 2.75) is 19.3 Å². The molecule has 0 bridgehead atoms. The molecule has 1 unspecified atom stereocenters. The van der Waals surface area contributed by atoms with Gasteiger partial charge in [0, 0.05) is 6.54 Å². The third-order valence-electron chi connectivity index (χ3n) is 3.20. The summed E-state index contributed by atoms with van der Waals surface area (Å²) in [6, 6.07) is 10.1. The van der Waals surface area contributed by atoms with Crippen LogP contribution in [-0.4, -0.2) is 21.4 Å². The Morgan fingerprint density at radius 1 is 1.33 bits per heavy atom. The minimum Gasteiger partial charge on any atom is -0.364 e. The van der Waals surface area contributed by atoms with E-state index in [-0.39, 0.29) is 16.7 Å². The first-order chi connectivity index (χ1) is 10.1. The molecule has 0 radical (unpaired) electrons. The molecule has 0 spiro atoms. The van der Waals surface area contributed by atoms with Gasteiger partial charge in [0.05, 0.1) is 4.92 Å². The molecule has 0 aliphatic rings. The molecule has 1 N–H and O–H groups in total. The topological polar surface area (TPSA) is 81.0 Å². The fourth-order valence-corrected chi connectivity index (χ4v) is 2.21. The standard InChI is InChI=1S/C14H15ClN4O2/c1-10(11-5-3-2-4-6-11)7-8-16-14-12(19(20)21)13(15)17-9-18-14/h2-6,9-10H,7-8H2,1H3,(H,16,17,18). The molecule has 1 heterocycles. The number of anilines is 1. The maximum absolute atomic E-state index is 11.0. The zero-order valence-corrected chi connectivity index (χ0v) is 12.2. The van der Waals surface area contributed by atoms with E-state index in [2.05, 4.69) is 34.3 Å². The Labute approximate surface area is 127 Å². The van der Waals surface area contributed by atoms with Crippen molar-refractivity contribution in [2.24, 2.45) is 0 Å². The van der Waals surface area contributed by atoms with E-state index in [1.807, 2.05) is 18.2 Å². The van der Waals surface area contributed by atoms with Gasteiger partial charge in [0.1, 0.15) is 6.33 Å². The lowest BCUT2D eigenvalue weighted by Crippen LogP contribution is -2.09. The van der Waals surface area contributed by atoms with Gasteiger partial charge in [-0.25, -0.2) is 9.97 Å². The second kappa shape index (κ2) is 6.99. The molecular formula is C14H15ClN4O2. The molecular weight excluding hydrogens is 292 g/mol. The first-order valence-electron chi connectivity index (χ1n) is 6.53. The van der Waals surface area contributed by atoms with Gasteiger partial charge in [-0.15, -0.1) is 0 Å². The van der Waals surface area contributed by atoms with Crippen molar-refractivity contribution in [3.05, 3.63) is 57.5 Å². The quantitative estimate of drug-likeness (QED) is 0.500. The Bertz CT molecular complexity index is 622. The van der Waals surface area contributed by atoms with Crippen LogP contribution in [0.4, 0.5) is 11.5 Å². The summed E-state index contributed by atoms with van der Waals surface area (Å²) in [5.74, 6) is 0.496. The fraction of sp³-hybridized carbons (Fsp3) is 0.286.